The van der Waals surface area contributed by atoms with Gasteiger partial charge in [-0.3, -0.25) is 0 Å². The number of ether oxygens (including phenoxy) is 1. The lowest BCUT2D eigenvalue weighted by atomic mass is 10.1. The summed E-state index contributed by atoms with van der Waals surface area (Å²) in [6.07, 6.45) is 3.55. The Morgan fingerprint density at radius 2 is 2.20 bits per heavy atom. The first-order chi connectivity index (χ1) is 4.74. The van der Waals surface area contributed by atoms with E-state index in [-0.39, 0.29) is 5.78 Å². The third kappa shape index (κ3) is 2.10. The highest BCUT2D eigenvalue weighted by molar-refractivity contribution is 5.75. The molecule has 1 aliphatic rings. The van der Waals surface area contributed by atoms with Gasteiger partial charge in [0.05, 0.1) is 12.2 Å². The quantitative estimate of drug-likeness (QED) is 0.557. The van der Waals surface area contributed by atoms with Crippen LogP contribution in [0.2, 0.25) is 0 Å². The van der Waals surface area contributed by atoms with E-state index in [2.05, 4.69) is 6.92 Å². The summed E-state index contributed by atoms with van der Waals surface area (Å²) in [5.41, 5.74) is 0. The fourth-order valence-corrected chi connectivity index (χ4v) is 1.14. The number of Topliss-reactive ketones (excluding diaryl/α,β-unsaturated/α-hetero) is 1. The van der Waals surface area contributed by atoms with Crippen molar-refractivity contribution in [2.24, 2.45) is 0 Å². The van der Waals surface area contributed by atoms with Crippen molar-refractivity contribution >= 4 is 5.78 Å². The molecular formula is C8H14O2. The lowest BCUT2D eigenvalue weighted by molar-refractivity contribution is -0.117. The molecule has 0 unspecified atom stereocenters. The Hall–Kier alpha value is -0.370. The van der Waals surface area contributed by atoms with E-state index in [0.29, 0.717) is 18.6 Å². The van der Waals surface area contributed by atoms with Gasteiger partial charge in [0.25, 0.3) is 0 Å². The zero-order valence-electron chi connectivity index (χ0n) is 6.59. The van der Waals surface area contributed by atoms with Crippen molar-refractivity contribution in [3.05, 3.63) is 0 Å². The molecule has 1 rings (SSSR count). The van der Waals surface area contributed by atoms with Gasteiger partial charge in [0, 0.05) is 6.42 Å². The first-order valence-electron chi connectivity index (χ1n) is 3.89. The predicted molar refractivity (Wildman–Crippen MR) is 38.9 cm³/mol. The van der Waals surface area contributed by atoms with Crippen molar-refractivity contribution < 1.29 is 9.53 Å². The third-order valence-corrected chi connectivity index (χ3v) is 1.87. The van der Waals surface area contributed by atoms with Crippen LogP contribution in [0.5, 0.6) is 0 Å². The summed E-state index contributed by atoms with van der Waals surface area (Å²) in [5.74, 6) is 0.269. The molecule has 1 heterocycles. The number of carbonyl (C=O) groups excluding carboxylic acids is 1. The molecule has 1 saturated heterocycles. The summed E-state index contributed by atoms with van der Waals surface area (Å²) in [6, 6.07) is 0. The standard InChI is InChI=1S/C8H14O2/c1-3-7-8(10-7)5-4-6(2)9/h7-8H,3-5H2,1-2H3/t7-,8+/m1/s1. The Morgan fingerprint density at radius 1 is 1.50 bits per heavy atom. The first kappa shape index (κ1) is 7.73. The normalized spacial score (nSPS) is 30.2. The Morgan fingerprint density at radius 3 is 2.60 bits per heavy atom. The molecule has 0 aromatic carbocycles. The van der Waals surface area contributed by atoms with Gasteiger partial charge in [0.15, 0.2) is 0 Å². The number of ketones is 1. The van der Waals surface area contributed by atoms with E-state index in [4.69, 9.17) is 4.74 Å². The van der Waals surface area contributed by atoms with E-state index in [1.54, 1.807) is 6.92 Å². The second-order valence-corrected chi connectivity index (χ2v) is 2.86. The van der Waals surface area contributed by atoms with Crippen molar-refractivity contribution in [2.45, 2.75) is 45.3 Å². The summed E-state index contributed by atoms with van der Waals surface area (Å²) >= 11 is 0. The maximum Gasteiger partial charge on any atom is 0.129 e. The van der Waals surface area contributed by atoms with E-state index in [9.17, 15) is 4.79 Å². The zero-order valence-corrected chi connectivity index (χ0v) is 6.59. The van der Waals surface area contributed by atoms with Crippen LogP contribution in [0.3, 0.4) is 0 Å². The van der Waals surface area contributed by atoms with Crippen LogP contribution >= 0.6 is 0 Å². The topological polar surface area (TPSA) is 29.6 Å². The van der Waals surface area contributed by atoms with Crippen molar-refractivity contribution in [1.82, 2.24) is 0 Å². The molecule has 0 saturated carbocycles. The lowest BCUT2D eigenvalue weighted by Crippen LogP contribution is -1.96. The van der Waals surface area contributed by atoms with Crippen LogP contribution in [0.25, 0.3) is 0 Å². The van der Waals surface area contributed by atoms with Crippen LogP contribution in [-0.4, -0.2) is 18.0 Å². The highest BCUT2D eigenvalue weighted by Crippen LogP contribution is 2.28. The highest BCUT2D eigenvalue weighted by atomic mass is 16.6. The largest absolute Gasteiger partial charge is 0.370 e. The molecule has 0 radical (unpaired) electrons. The molecule has 0 bridgehead atoms. The highest BCUT2D eigenvalue weighted by Gasteiger charge is 2.36. The average molecular weight is 142 g/mol. The van der Waals surface area contributed by atoms with Crippen LogP contribution in [-0.2, 0) is 9.53 Å². The molecule has 58 valence electrons. The summed E-state index contributed by atoms with van der Waals surface area (Å²) in [5, 5.41) is 0. The molecule has 1 fully saturated rings. The minimum atomic E-state index is 0.269. The van der Waals surface area contributed by atoms with E-state index >= 15 is 0 Å². The zero-order chi connectivity index (χ0) is 7.56. The minimum Gasteiger partial charge on any atom is -0.370 e. The van der Waals surface area contributed by atoms with Gasteiger partial charge in [-0.15, -0.1) is 0 Å². The van der Waals surface area contributed by atoms with E-state index < -0.39 is 0 Å². The van der Waals surface area contributed by atoms with Crippen LogP contribution in [0.15, 0.2) is 0 Å². The maximum atomic E-state index is 10.5. The molecule has 10 heavy (non-hydrogen) atoms. The fourth-order valence-electron chi connectivity index (χ4n) is 1.14. The van der Waals surface area contributed by atoms with E-state index in [1.165, 1.54) is 0 Å². The van der Waals surface area contributed by atoms with Gasteiger partial charge >= 0.3 is 0 Å². The molecule has 2 atom stereocenters. The van der Waals surface area contributed by atoms with Gasteiger partial charge in [-0.1, -0.05) is 6.92 Å². The van der Waals surface area contributed by atoms with Crippen molar-refractivity contribution in [1.29, 1.82) is 0 Å². The monoisotopic (exact) mass is 142 g/mol. The van der Waals surface area contributed by atoms with Gasteiger partial charge in [-0.05, 0) is 19.8 Å². The maximum absolute atomic E-state index is 10.5. The van der Waals surface area contributed by atoms with Crippen molar-refractivity contribution in [3.8, 4) is 0 Å². The van der Waals surface area contributed by atoms with Crippen LogP contribution in [0, 0.1) is 0 Å². The number of hydrogen-bond acceptors (Lipinski definition) is 2. The minimum absolute atomic E-state index is 0.269. The third-order valence-electron chi connectivity index (χ3n) is 1.87. The lowest BCUT2D eigenvalue weighted by Gasteiger charge is -1.89. The van der Waals surface area contributed by atoms with Gasteiger partial charge in [0.1, 0.15) is 5.78 Å². The smallest absolute Gasteiger partial charge is 0.129 e. The molecular weight excluding hydrogens is 128 g/mol. The Balaban J connectivity index is 2.01. The second kappa shape index (κ2) is 3.15. The molecule has 0 aromatic rings. The Kier molecular flexibility index (Phi) is 2.44. The van der Waals surface area contributed by atoms with Gasteiger partial charge in [-0.2, -0.15) is 0 Å². The average Bonchev–Trinajstić information content (AvgIpc) is 2.61. The fraction of sp³-hybridized carbons (Fsp3) is 0.875. The summed E-state index contributed by atoms with van der Waals surface area (Å²) in [7, 11) is 0. The molecule has 0 amide bonds. The van der Waals surface area contributed by atoms with Crippen LogP contribution < -0.4 is 0 Å². The van der Waals surface area contributed by atoms with E-state index in [0.717, 1.165) is 12.8 Å². The number of epoxide rings is 1. The number of hydrogen-bond donors (Lipinski definition) is 0. The first-order valence-corrected chi connectivity index (χ1v) is 3.89. The van der Waals surface area contributed by atoms with Crippen LogP contribution in [0.4, 0.5) is 0 Å². The van der Waals surface area contributed by atoms with Gasteiger partial charge in [0.2, 0.25) is 0 Å². The van der Waals surface area contributed by atoms with E-state index in [1.807, 2.05) is 0 Å². The second-order valence-electron chi connectivity index (χ2n) is 2.86. The number of carbonyl (C=O) groups is 1. The van der Waals surface area contributed by atoms with Gasteiger partial charge < -0.3 is 9.53 Å². The molecule has 1 aliphatic heterocycles. The molecule has 0 N–H and O–H groups in total. The molecule has 0 aromatic heterocycles. The number of rotatable bonds is 4. The molecule has 0 aliphatic carbocycles. The Bertz CT molecular complexity index is 131. The Labute approximate surface area is 61.6 Å². The summed E-state index contributed by atoms with van der Waals surface area (Å²) < 4.78 is 5.26. The SMILES string of the molecule is CC[C@H]1O[C@H]1CCC(C)=O. The van der Waals surface area contributed by atoms with Crippen LogP contribution in [0.1, 0.15) is 33.1 Å². The van der Waals surface area contributed by atoms with Crippen molar-refractivity contribution in [2.75, 3.05) is 0 Å². The summed E-state index contributed by atoms with van der Waals surface area (Å²) in [6.45, 7) is 3.74. The van der Waals surface area contributed by atoms with Crippen molar-refractivity contribution in [3.63, 3.8) is 0 Å². The molecule has 2 heteroatoms. The predicted octanol–water partition coefficient (Wildman–Crippen LogP) is 1.53. The van der Waals surface area contributed by atoms with Gasteiger partial charge in [-0.25, -0.2) is 0 Å². The molecule has 2 nitrogen and oxygen atoms in total. The summed E-state index contributed by atoms with van der Waals surface area (Å²) in [4.78, 5) is 10.5. The molecule has 0 spiro atoms.